The van der Waals surface area contributed by atoms with Crippen molar-refractivity contribution in [3.8, 4) is 11.5 Å². The normalized spacial score (nSPS) is 15.1. The predicted molar refractivity (Wildman–Crippen MR) is 132 cm³/mol. The zero-order valence-corrected chi connectivity index (χ0v) is 21.0. The van der Waals surface area contributed by atoms with Gasteiger partial charge in [-0.05, 0) is 64.7 Å². The number of ether oxygens (including phenoxy) is 2. The lowest BCUT2D eigenvalue weighted by Gasteiger charge is -2.26. The van der Waals surface area contributed by atoms with Crippen molar-refractivity contribution in [2.75, 3.05) is 39.4 Å². The molecule has 1 atom stereocenters. The van der Waals surface area contributed by atoms with Crippen molar-refractivity contribution >= 4 is 35.8 Å². The number of piperidine rings is 1. The molecular weight excluding hydrogens is 495 g/mol. The topological polar surface area (TPSA) is 75.2 Å². The summed E-state index contributed by atoms with van der Waals surface area (Å²) in [6.07, 6.45) is 3.38. The number of carbonyl (C=O) groups excluding carboxylic acids is 1. The van der Waals surface area contributed by atoms with Crippen molar-refractivity contribution in [1.82, 2.24) is 15.5 Å². The van der Waals surface area contributed by atoms with Crippen molar-refractivity contribution in [2.45, 2.75) is 53.0 Å². The summed E-state index contributed by atoms with van der Waals surface area (Å²) in [6, 6.07) is 5.95. The molecule has 1 saturated heterocycles. The first-order valence-corrected chi connectivity index (χ1v) is 10.8. The first-order chi connectivity index (χ1) is 14.1. The monoisotopic (exact) mass is 532 g/mol. The maximum Gasteiger partial charge on any atom is 0.244 e. The van der Waals surface area contributed by atoms with Crippen LogP contribution in [0.5, 0.6) is 11.5 Å². The third kappa shape index (κ3) is 8.20. The Morgan fingerprint density at radius 1 is 1.10 bits per heavy atom. The highest BCUT2D eigenvalue weighted by molar-refractivity contribution is 14.0. The average molecular weight is 532 g/mol. The van der Waals surface area contributed by atoms with Gasteiger partial charge in [0.15, 0.2) is 17.5 Å². The summed E-state index contributed by atoms with van der Waals surface area (Å²) in [5.74, 6) is 2.21. The zero-order chi connectivity index (χ0) is 21.1. The van der Waals surface area contributed by atoms with Gasteiger partial charge in [-0.1, -0.05) is 6.07 Å². The van der Waals surface area contributed by atoms with Gasteiger partial charge in [0.25, 0.3) is 0 Å². The number of amides is 1. The summed E-state index contributed by atoms with van der Waals surface area (Å²) >= 11 is 0. The molecule has 7 nitrogen and oxygen atoms in total. The summed E-state index contributed by atoms with van der Waals surface area (Å²) in [4.78, 5) is 18.8. The van der Waals surface area contributed by atoms with E-state index in [0.29, 0.717) is 19.2 Å². The molecule has 1 fully saturated rings. The zero-order valence-electron chi connectivity index (χ0n) is 18.7. The number of carbonyl (C=O) groups is 1. The van der Waals surface area contributed by atoms with Crippen molar-refractivity contribution < 1.29 is 14.3 Å². The van der Waals surface area contributed by atoms with Gasteiger partial charge >= 0.3 is 0 Å². The average Bonchev–Trinajstić information content (AvgIpc) is 2.74. The van der Waals surface area contributed by atoms with Crippen molar-refractivity contribution in [3.63, 3.8) is 0 Å². The number of halogens is 1. The van der Waals surface area contributed by atoms with E-state index in [1.54, 1.807) is 0 Å². The van der Waals surface area contributed by atoms with Crippen LogP contribution in [0.2, 0.25) is 0 Å². The molecule has 1 aliphatic heterocycles. The second kappa shape index (κ2) is 14.3. The highest BCUT2D eigenvalue weighted by Crippen LogP contribution is 2.30. The second-order valence-corrected chi connectivity index (χ2v) is 7.07. The molecule has 170 valence electrons. The first kappa shape index (κ1) is 26.3. The summed E-state index contributed by atoms with van der Waals surface area (Å²) in [5.41, 5.74) is 1.06. The van der Waals surface area contributed by atoms with E-state index in [1.165, 1.54) is 6.42 Å². The number of aliphatic imine (C=N–C) groups is 1. The van der Waals surface area contributed by atoms with Gasteiger partial charge in [-0.15, -0.1) is 24.0 Å². The SMILES string of the molecule is CCNC(=NCC(=O)N1CCCCC1)NC(C)c1ccc(OCC)c(OCC)c1.I. The standard InChI is InChI=1S/C22H36N4O3.HI/c1-5-23-22(24-16-21(27)26-13-9-8-10-14-26)25-17(4)18-11-12-19(28-6-2)20(15-18)29-7-3;/h11-12,15,17H,5-10,13-14,16H2,1-4H3,(H2,23,24,25);1H. The van der Waals surface area contributed by atoms with E-state index < -0.39 is 0 Å². The van der Waals surface area contributed by atoms with Gasteiger partial charge in [0, 0.05) is 19.6 Å². The lowest BCUT2D eigenvalue weighted by atomic mass is 10.1. The smallest absolute Gasteiger partial charge is 0.244 e. The van der Waals surface area contributed by atoms with Gasteiger partial charge in [0.1, 0.15) is 6.54 Å². The van der Waals surface area contributed by atoms with Gasteiger partial charge in [-0.3, -0.25) is 4.79 Å². The second-order valence-electron chi connectivity index (χ2n) is 7.07. The van der Waals surface area contributed by atoms with E-state index in [9.17, 15) is 4.79 Å². The van der Waals surface area contributed by atoms with Gasteiger partial charge in [-0.25, -0.2) is 4.99 Å². The number of rotatable bonds is 9. The molecule has 1 heterocycles. The fraction of sp³-hybridized carbons (Fsp3) is 0.636. The molecule has 0 aliphatic carbocycles. The van der Waals surface area contributed by atoms with Gasteiger partial charge < -0.3 is 25.0 Å². The van der Waals surface area contributed by atoms with Crippen LogP contribution in [0.15, 0.2) is 23.2 Å². The van der Waals surface area contributed by atoms with Crippen LogP contribution in [0, 0.1) is 0 Å². The molecule has 0 aromatic heterocycles. The lowest BCUT2D eigenvalue weighted by Crippen LogP contribution is -2.41. The minimum atomic E-state index is -0.00669. The van der Waals surface area contributed by atoms with Crippen molar-refractivity contribution in [1.29, 1.82) is 0 Å². The molecule has 30 heavy (non-hydrogen) atoms. The fourth-order valence-electron chi connectivity index (χ4n) is 3.34. The Hall–Kier alpha value is -1.71. The van der Waals surface area contributed by atoms with Crippen LogP contribution in [0.4, 0.5) is 0 Å². The Bertz CT molecular complexity index is 678. The predicted octanol–water partition coefficient (Wildman–Crippen LogP) is 3.73. The third-order valence-corrected chi connectivity index (χ3v) is 4.85. The number of hydrogen-bond acceptors (Lipinski definition) is 4. The molecule has 1 aromatic rings. The number of nitrogens with zero attached hydrogens (tertiary/aromatic N) is 2. The van der Waals surface area contributed by atoms with Crippen LogP contribution in [-0.4, -0.2) is 56.2 Å². The summed E-state index contributed by atoms with van der Waals surface area (Å²) < 4.78 is 11.4. The highest BCUT2D eigenvalue weighted by atomic mass is 127. The van der Waals surface area contributed by atoms with E-state index >= 15 is 0 Å². The molecule has 8 heteroatoms. The van der Waals surface area contributed by atoms with Gasteiger partial charge in [-0.2, -0.15) is 0 Å². The molecule has 0 bridgehead atoms. The summed E-state index contributed by atoms with van der Waals surface area (Å²) in [6.45, 7) is 11.7. The molecule has 0 spiro atoms. The summed E-state index contributed by atoms with van der Waals surface area (Å²) in [7, 11) is 0. The first-order valence-electron chi connectivity index (χ1n) is 10.8. The van der Waals surface area contributed by atoms with E-state index in [-0.39, 0.29) is 42.5 Å². The van der Waals surface area contributed by atoms with Crippen molar-refractivity contribution in [2.24, 2.45) is 4.99 Å². The summed E-state index contributed by atoms with van der Waals surface area (Å²) in [5, 5.41) is 6.61. The number of nitrogens with one attached hydrogen (secondary N) is 2. The molecular formula is C22H37IN4O3. The number of hydrogen-bond donors (Lipinski definition) is 2. The van der Waals surface area contributed by atoms with E-state index in [4.69, 9.17) is 9.47 Å². The minimum Gasteiger partial charge on any atom is -0.490 e. The quantitative estimate of drug-likeness (QED) is 0.288. The number of likely N-dealkylation sites (tertiary alicyclic amines) is 1. The van der Waals surface area contributed by atoms with Crippen LogP contribution in [0.3, 0.4) is 0 Å². The molecule has 0 radical (unpaired) electrons. The highest BCUT2D eigenvalue weighted by Gasteiger charge is 2.17. The molecule has 2 N–H and O–H groups in total. The molecule has 0 saturated carbocycles. The Kier molecular flexibility index (Phi) is 12.6. The Balaban J connectivity index is 0.00000450. The Morgan fingerprint density at radius 3 is 2.40 bits per heavy atom. The number of benzene rings is 1. The van der Waals surface area contributed by atoms with Crippen LogP contribution < -0.4 is 20.1 Å². The van der Waals surface area contributed by atoms with Crippen molar-refractivity contribution in [3.05, 3.63) is 23.8 Å². The van der Waals surface area contributed by atoms with E-state index in [0.717, 1.165) is 49.5 Å². The fourth-order valence-corrected chi connectivity index (χ4v) is 3.34. The van der Waals surface area contributed by atoms with Crippen LogP contribution in [0.1, 0.15) is 58.6 Å². The molecule has 2 rings (SSSR count). The van der Waals surface area contributed by atoms with E-state index in [1.807, 2.05) is 43.9 Å². The minimum absolute atomic E-state index is 0. The van der Waals surface area contributed by atoms with Crippen LogP contribution in [0.25, 0.3) is 0 Å². The maximum atomic E-state index is 12.4. The number of guanidine groups is 1. The van der Waals surface area contributed by atoms with Crippen LogP contribution >= 0.6 is 24.0 Å². The van der Waals surface area contributed by atoms with Gasteiger partial charge in [0.05, 0.1) is 19.3 Å². The maximum absolute atomic E-state index is 12.4. The Labute approximate surface area is 198 Å². The van der Waals surface area contributed by atoms with E-state index in [2.05, 4.69) is 22.5 Å². The Morgan fingerprint density at radius 2 is 1.77 bits per heavy atom. The lowest BCUT2D eigenvalue weighted by molar-refractivity contribution is -0.130. The van der Waals surface area contributed by atoms with Crippen LogP contribution in [-0.2, 0) is 4.79 Å². The molecule has 1 aliphatic rings. The molecule has 1 aromatic carbocycles. The molecule has 1 unspecified atom stereocenters. The molecule has 1 amide bonds. The van der Waals surface area contributed by atoms with Gasteiger partial charge in [0.2, 0.25) is 5.91 Å². The largest absolute Gasteiger partial charge is 0.490 e. The third-order valence-electron chi connectivity index (χ3n) is 4.85.